The van der Waals surface area contributed by atoms with Crippen molar-refractivity contribution in [3.8, 4) is 0 Å². The van der Waals surface area contributed by atoms with Crippen molar-refractivity contribution in [3.63, 3.8) is 0 Å². The number of amides is 1. The number of H-pyrrole nitrogens is 1. The topological polar surface area (TPSA) is 39.3 Å². The predicted molar refractivity (Wildman–Crippen MR) is 70.5 cm³/mol. The van der Waals surface area contributed by atoms with Gasteiger partial charge in [0, 0.05) is 24.8 Å². The first kappa shape index (κ1) is 11.8. The number of aromatic amines is 1. The molecule has 0 unspecified atom stereocenters. The van der Waals surface area contributed by atoms with Crippen LogP contribution in [0.3, 0.4) is 0 Å². The van der Waals surface area contributed by atoms with Crippen LogP contribution in [0.15, 0.2) is 18.3 Å². The van der Waals surface area contributed by atoms with E-state index in [0.29, 0.717) is 12.1 Å². The van der Waals surface area contributed by atoms with E-state index in [2.05, 4.69) is 21.8 Å². The number of likely N-dealkylation sites (tertiary alicyclic amines) is 2. The highest BCUT2D eigenvalue weighted by molar-refractivity contribution is 5.92. The molecule has 0 bridgehead atoms. The Morgan fingerprint density at radius 3 is 2.72 bits per heavy atom. The van der Waals surface area contributed by atoms with Crippen LogP contribution in [-0.4, -0.2) is 52.9 Å². The molecule has 1 N–H and O–H groups in total. The number of nitrogens with one attached hydrogen (secondary N) is 1. The van der Waals surface area contributed by atoms with Gasteiger partial charge in [-0.3, -0.25) is 4.79 Å². The first-order valence-electron chi connectivity index (χ1n) is 6.92. The standard InChI is InChI=1S/C14H21N3O/c1-16-9-3-6-12(16)13-7-4-10-17(13)14(18)11-5-2-8-15-11/h2,5,8,12-13,15H,3-4,6-7,9-10H2,1H3/t12-,13+/m0/s1. The lowest BCUT2D eigenvalue weighted by Gasteiger charge is -2.33. The molecular formula is C14H21N3O. The highest BCUT2D eigenvalue weighted by atomic mass is 16.2. The Kier molecular flexibility index (Phi) is 3.12. The zero-order valence-electron chi connectivity index (χ0n) is 10.9. The van der Waals surface area contributed by atoms with Gasteiger partial charge >= 0.3 is 0 Å². The zero-order valence-corrected chi connectivity index (χ0v) is 10.9. The first-order chi connectivity index (χ1) is 8.77. The number of hydrogen-bond acceptors (Lipinski definition) is 2. The van der Waals surface area contributed by atoms with E-state index in [0.717, 1.165) is 25.1 Å². The van der Waals surface area contributed by atoms with Gasteiger partial charge < -0.3 is 14.8 Å². The number of hydrogen-bond donors (Lipinski definition) is 1. The van der Waals surface area contributed by atoms with Crippen molar-refractivity contribution in [1.29, 1.82) is 0 Å². The second-order valence-electron chi connectivity index (χ2n) is 5.48. The Bertz CT molecular complexity index is 415. The maximum atomic E-state index is 12.5. The molecule has 0 aliphatic carbocycles. The lowest BCUT2D eigenvalue weighted by atomic mass is 10.0. The van der Waals surface area contributed by atoms with Gasteiger partial charge in [0.15, 0.2) is 0 Å². The average Bonchev–Trinajstić information content (AvgIpc) is 3.09. The molecule has 3 heterocycles. The fourth-order valence-corrected chi connectivity index (χ4v) is 3.48. The normalized spacial score (nSPS) is 29.1. The Hall–Kier alpha value is -1.29. The fourth-order valence-electron chi connectivity index (χ4n) is 3.48. The van der Waals surface area contributed by atoms with Crippen molar-refractivity contribution in [2.45, 2.75) is 37.8 Å². The summed E-state index contributed by atoms with van der Waals surface area (Å²) in [6.07, 6.45) is 6.61. The molecule has 98 valence electrons. The van der Waals surface area contributed by atoms with Gasteiger partial charge in [-0.25, -0.2) is 0 Å². The lowest BCUT2D eigenvalue weighted by Crippen LogP contribution is -2.47. The second-order valence-corrected chi connectivity index (χ2v) is 5.48. The molecule has 0 saturated carbocycles. The third-order valence-electron chi connectivity index (χ3n) is 4.41. The molecule has 4 nitrogen and oxygen atoms in total. The quantitative estimate of drug-likeness (QED) is 0.864. The van der Waals surface area contributed by atoms with Gasteiger partial charge in [0.05, 0.1) is 0 Å². The van der Waals surface area contributed by atoms with Crippen molar-refractivity contribution >= 4 is 5.91 Å². The van der Waals surface area contributed by atoms with Crippen LogP contribution in [-0.2, 0) is 0 Å². The Morgan fingerprint density at radius 1 is 1.28 bits per heavy atom. The molecule has 1 amide bonds. The predicted octanol–water partition coefficient (Wildman–Crippen LogP) is 1.71. The summed E-state index contributed by atoms with van der Waals surface area (Å²) in [5.74, 6) is 0.169. The molecule has 2 atom stereocenters. The summed E-state index contributed by atoms with van der Waals surface area (Å²) in [5.41, 5.74) is 0.725. The molecule has 4 heteroatoms. The molecule has 2 aliphatic heterocycles. The molecule has 0 spiro atoms. The largest absolute Gasteiger partial charge is 0.357 e. The molecule has 3 rings (SSSR count). The van der Waals surface area contributed by atoms with Gasteiger partial charge in [0.2, 0.25) is 0 Å². The Labute approximate surface area is 108 Å². The molecular weight excluding hydrogens is 226 g/mol. The van der Waals surface area contributed by atoms with E-state index < -0.39 is 0 Å². The van der Waals surface area contributed by atoms with Crippen molar-refractivity contribution in [2.75, 3.05) is 20.1 Å². The summed E-state index contributed by atoms with van der Waals surface area (Å²) >= 11 is 0. The molecule has 2 saturated heterocycles. The van der Waals surface area contributed by atoms with Crippen molar-refractivity contribution in [1.82, 2.24) is 14.8 Å². The second kappa shape index (κ2) is 4.76. The van der Waals surface area contributed by atoms with Gasteiger partial charge in [-0.1, -0.05) is 0 Å². The van der Waals surface area contributed by atoms with E-state index in [9.17, 15) is 4.79 Å². The first-order valence-corrected chi connectivity index (χ1v) is 6.92. The smallest absolute Gasteiger partial charge is 0.270 e. The van der Waals surface area contributed by atoms with Crippen LogP contribution in [0.4, 0.5) is 0 Å². The van der Waals surface area contributed by atoms with Crippen LogP contribution in [0.2, 0.25) is 0 Å². The SMILES string of the molecule is CN1CCC[C@H]1[C@H]1CCCN1C(=O)c1ccc[nH]1. The molecule has 2 aliphatic rings. The summed E-state index contributed by atoms with van der Waals surface area (Å²) in [5, 5.41) is 0. The summed E-state index contributed by atoms with van der Waals surface area (Å²) in [7, 11) is 2.19. The Morgan fingerprint density at radius 2 is 2.06 bits per heavy atom. The molecule has 1 aromatic heterocycles. The van der Waals surface area contributed by atoms with Crippen LogP contribution in [0.25, 0.3) is 0 Å². The number of nitrogens with zero attached hydrogens (tertiary/aromatic N) is 2. The van der Waals surface area contributed by atoms with E-state index in [4.69, 9.17) is 0 Å². The molecule has 2 fully saturated rings. The number of likely N-dealkylation sites (N-methyl/N-ethyl adjacent to an activating group) is 1. The summed E-state index contributed by atoms with van der Waals surface area (Å²) < 4.78 is 0. The molecule has 1 aromatic rings. The van der Waals surface area contributed by atoms with Gasteiger partial charge in [-0.2, -0.15) is 0 Å². The minimum absolute atomic E-state index is 0.169. The van der Waals surface area contributed by atoms with Crippen molar-refractivity contribution in [2.24, 2.45) is 0 Å². The van der Waals surface area contributed by atoms with Crippen LogP contribution in [0.1, 0.15) is 36.2 Å². The van der Waals surface area contributed by atoms with E-state index >= 15 is 0 Å². The maximum Gasteiger partial charge on any atom is 0.270 e. The molecule has 0 aromatic carbocycles. The summed E-state index contributed by atoms with van der Waals surface area (Å²) in [6, 6.07) is 4.73. The van der Waals surface area contributed by atoms with Gasteiger partial charge in [-0.15, -0.1) is 0 Å². The minimum Gasteiger partial charge on any atom is -0.357 e. The maximum absolute atomic E-state index is 12.5. The van der Waals surface area contributed by atoms with Crippen LogP contribution < -0.4 is 0 Å². The number of carbonyl (C=O) groups is 1. The highest BCUT2D eigenvalue weighted by Gasteiger charge is 2.38. The van der Waals surface area contributed by atoms with Crippen LogP contribution >= 0.6 is 0 Å². The van der Waals surface area contributed by atoms with Crippen LogP contribution in [0.5, 0.6) is 0 Å². The van der Waals surface area contributed by atoms with E-state index in [1.165, 1.54) is 19.4 Å². The van der Waals surface area contributed by atoms with Gasteiger partial charge in [0.25, 0.3) is 5.91 Å². The van der Waals surface area contributed by atoms with Crippen LogP contribution in [0, 0.1) is 0 Å². The number of aromatic nitrogens is 1. The van der Waals surface area contributed by atoms with E-state index in [1.807, 2.05) is 18.3 Å². The summed E-state index contributed by atoms with van der Waals surface area (Å²) in [6.45, 7) is 2.08. The average molecular weight is 247 g/mol. The van der Waals surface area contributed by atoms with Crippen molar-refractivity contribution < 1.29 is 4.79 Å². The number of carbonyl (C=O) groups excluding carboxylic acids is 1. The third kappa shape index (κ3) is 1.94. The Balaban J connectivity index is 1.77. The monoisotopic (exact) mass is 247 g/mol. The third-order valence-corrected chi connectivity index (χ3v) is 4.41. The van der Waals surface area contributed by atoms with Gasteiger partial charge in [-0.05, 0) is 51.4 Å². The van der Waals surface area contributed by atoms with E-state index in [-0.39, 0.29) is 5.91 Å². The molecule has 18 heavy (non-hydrogen) atoms. The van der Waals surface area contributed by atoms with Gasteiger partial charge in [0.1, 0.15) is 5.69 Å². The van der Waals surface area contributed by atoms with Crippen molar-refractivity contribution in [3.05, 3.63) is 24.0 Å². The van der Waals surface area contributed by atoms with E-state index in [1.54, 1.807) is 0 Å². The minimum atomic E-state index is 0.169. The zero-order chi connectivity index (χ0) is 12.5. The number of rotatable bonds is 2. The fraction of sp³-hybridized carbons (Fsp3) is 0.643. The molecule has 0 radical (unpaired) electrons. The lowest BCUT2D eigenvalue weighted by molar-refractivity contribution is 0.0659. The summed E-state index contributed by atoms with van der Waals surface area (Å²) in [4.78, 5) is 20.0. The highest BCUT2D eigenvalue weighted by Crippen LogP contribution is 2.29.